The quantitative estimate of drug-likeness (QED) is 0.315. The van der Waals surface area contributed by atoms with E-state index in [0.29, 0.717) is 22.8 Å². The van der Waals surface area contributed by atoms with Crippen molar-refractivity contribution in [3.05, 3.63) is 53.4 Å². The highest BCUT2D eigenvalue weighted by Gasteiger charge is 2.24. The molecule has 31 heavy (non-hydrogen) atoms. The number of rotatable bonds is 8. The average Bonchev–Trinajstić information content (AvgIpc) is 3.57. The molecule has 3 N–H and O–H groups in total. The molecule has 6 nitrogen and oxygen atoms in total. The van der Waals surface area contributed by atoms with Gasteiger partial charge in [0.05, 0.1) is 16.8 Å². The highest BCUT2D eigenvalue weighted by atomic mass is 32.2. The van der Waals surface area contributed by atoms with Crippen molar-refractivity contribution >= 4 is 46.0 Å². The van der Waals surface area contributed by atoms with Gasteiger partial charge in [-0.3, -0.25) is 4.79 Å². The van der Waals surface area contributed by atoms with Gasteiger partial charge in [0.25, 0.3) is 5.91 Å². The van der Waals surface area contributed by atoms with Gasteiger partial charge in [-0.1, -0.05) is 18.9 Å². The predicted octanol–water partition coefficient (Wildman–Crippen LogP) is 5.51. The van der Waals surface area contributed by atoms with Crippen LogP contribution in [0.2, 0.25) is 0 Å². The van der Waals surface area contributed by atoms with Gasteiger partial charge < -0.3 is 15.4 Å². The van der Waals surface area contributed by atoms with Crippen molar-refractivity contribution in [2.75, 3.05) is 21.1 Å². The van der Waals surface area contributed by atoms with E-state index in [1.54, 1.807) is 6.07 Å². The summed E-state index contributed by atoms with van der Waals surface area (Å²) in [6, 6.07) is 6.36. The number of hydrogen-bond donors (Lipinski definition) is 3. The van der Waals surface area contributed by atoms with Gasteiger partial charge in [0.1, 0.15) is 23.6 Å². The normalized spacial score (nSPS) is 13.3. The Morgan fingerprint density at radius 1 is 1.23 bits per heavy atom. The van der Waals surface area contributed by atoms with Gasteiger partial charge in [0, 0.05) is 17.2 Å². The fraction of sp³-hybridized carbons (Fsp3) is 0.318. The van der Waals surface area contributed by atoms with Crippen LogP contribution in [-0.4, -0.2) is 27.7 Å². The van der Waals surface area contributed by atoms with E-state index in [0.717, 1.165) is 36.6 Å². The molecule has 0 saturated heterocycles. The summed E-state index contributed by atoms with van der Waals surface area (Å²) in [5.74, 6) is -0.910. The number of benzene rings is 2. The maximum absolute atomic E-state index is 14.9. The smallest absolute Gasteiger partial charge is 0.258 e. The molecule has 0 bridgehead atoms. The summed E-state index contributed by atoms with van der Waals surface area (Å²) in [7, 11) is 0. The van der Waals surface area contributed by atoms with E-state index >= 15 is 0 Å². The number of fused-ring (bicyclic) bond motifs is 1. The number of amides is 1. The fourth-order valence-corrected chi connectivity index (χ4v) is 3.80. The number of carbonyl (C=O) groups is 1. The average molecular weight is 444 g/mol. The molecule has 1 aromatic heterocycles. The third-order valence-electron chi connectivity index (χ3n) is 4.86. The lowest BCUT2D eigenvalue weighted by molar-refractivity contribution is 0.102. The number of aryl methyl sites for hydroxylation is 1. The second-order valence-corrected chi connectivity index (χ2v) is 8.44. The minimum Gasteiger partial charge on any atom is -0.367 e. The molecule has 1 heterocycles. The van der Waals surface area contributed by atoms with Crippen molar-refractivity contribution in [1.29, 1.82) is 0 Å². The minimum atomic E-state index is -0.848. The molecule has 4 rings (SSSR count). The Labute approximate surface area is 183 Å². The Hall–Kier alpha value is -2.94. The van der Waals surface area contributed by atoms with Crippen molar-refractivity contribution in [2.45, 2.75) is 39.2 Å². The zero-order valence-electron chi connectivity index (χ0n) is 17.3. The molecule has 0 unspecified atom stereocenters. The summed E-state index contributed by atoms with van der Waals surface area (Å²) in [4.78, 5) is 21.6. The lowest BCUT2D eigenvalue weighted by atomic mass is 10.1. The zero-order chi connectivity index (χ0) is 22.0. The first-order valence-corrected chi connectivity index (χ1v) is 11.2. The standard InChI is InChI=1S/C22H23F2N5OS/c1-3-8-31-29-17-7-6-16(23)20(18(17)24)28-22(30)15-10-12(2)9-14-19(15)25-11-26-21(14)27-13-4-5-13/h6-7,9-11,13,29H,3-5,8H2,1-2H3,(H,28,30)(H,25,26,27). The number of nitrogens with zero attached hydrogens (tertiary/aromatic N) is 2. The van der Waals surface area contributed by atoms with Crippen LogP contribution in [0.4, 0.5) is 26.0 Å². The molecule has 9 heteroatoms. The fourth-order valence-electron chi connectivity index (χ4n) is 3.18. The van der Waals surface area contributed by atoms with Crippen molar-refractivity contribution < 1.29 is 13.6 Å². The SMILES string of the molecule is CCCSNc1ccc(F)c(NC(=O)c2cc(C)cc3c(NC4CC4)ncnc23)c1F. The largest absolute Gasteiger partial charge is 0.367 e. The van der Waals surface area contributed by atoms with E-state index in [4.69, 9.17) is 0 Å². The molecular weight excluding hydrogens is 420 g/mol. The number of nitrogens with one attached hydrogen (secondary N) is 3. The second-order valence-electron chi connectivity index (χ2n) is 7.54. The lowest BCUT2D eigenvalue weighted by Crippen LogP contribution is -2.16. The maximum Gasteiger partial charge on any atom is 0.258 e. The van der Waals surface area contributed by atoms with Gasteiger partial charge in [-0.05, 0) is 56.0 Å². The Bertz CT molecular complexity index is 1140. The molecule has 3 aromatic rings. The van der Waals surface area contributed by atoms with Crippen LogP contribution >= 0.6 is 11.9 Å². The first-order valence-electron chi connectivity index (χ1n) is 10.2. The summed E-state index contributed by atoms with van der Waals surface area (Å²) in [6.07, 6.45) is 4.44. The molecule has 0 atom stereocenters. The Kier molecular flexibility index (Phi) is 6.22. The first kappa shape index (κ1) is 21.3. The number of aromatic nitrogens is 2. The van der Waals surface area contributed by atoms with Gasteiger partial charge in [0.2, 0.25) is 0 Å². The summed E-state index contributed by atoms with van der Waals surface area (Å²) < 4.78 is 32.1. The molecule has 1 aliphatic carbocycles. The number of halogens is 2. The molecule has 0 spiro atoms. The summed E-state index contributed by atoms with van der Waals surface area (Å²) in [6.45, 7) is 3.85. The highest BCUT2D eigenvalue weighted by molar-refractivity contribution is 8.00. The van der Waals surface area contributed by atoms with Gasteiger partial charge in [-0.15, -0.1) is 0 Å². The van der Waals surface area contributed by atoms with Gasteiger partial charge in [0.15, 0.2) is 5.82 Å². The van der Waals surface area contributed by atoms with Crippen molar-refractivity contribution in [1.82, 2.24) is 9.97 Å². The topological polar surface area (TPSA) is 78.9 Å². The molecule has 2 aromatic carbocycles. The van der Waals surface area contributed by atoms with Crippen LogP contribution in [0.15, 0.2) is 30.6 Å². The highest BCUT2D eigenvalue weighted by Crippen LogP contribution is 2.31. The Morgan fingerprint density at radius 3 is 2.77 bits per heavy atom. The van der Waals surface area contributed by atoms with E-state index in [1.807, 2.05) is 19.9 Å². The van der Waals surface area contributed by atoms with Crippen LogP contribution in [0, 0.1) is 18.6 Å². The molecular formula is C22H23F2N5OS. The third-order valence-corrected chi connectivity index (χ3v) is 5.84. The minimum absolute atomic E-state index is 0.113. The zero-order valence-corrected chi connectivity index (χ0v) is 18.1. The number of anilines is 3. The number of hydrogen-bond acceptors (Lipinski definition) is 6. The third kappa shape index (κ3) is 4.71. The van der Waals surface area contributed by atoms with Gasteiger partial charge >= 0.3 is 0 Å². The monoisotopic (exact) mass is 443 g/mol. The van der Waals surface area contributed by atoms with Crippen LogP contribution < -0.4 is 15.4 Å². The maximum atomic E-state index is 14.9. The first-order chi connectivity index (χ1) is 15.0. The second kappa shape index (κ2) is 9.05. The van der Waals surface area contributed by atoms with Crippen molar-refractivity contribution in [3.8, 4) is 0 Å². The van der Waals surface area contributed by atoms with Crippen LogP contribution in [0.1, 0.15) is 42.1 Å². The van der Waals surface area contributed by atoms with E-state index in [1.165, 1.54) is 24.3 Å². The summed E-state index contributed by atoms with van der Waals surface area (Å²) >= 11 is 1.32. The summed E-state index contributed by atoms with van der Waals surface area (Å²) in [5, 5.41) is 6.44. The van der Waals surface area contributed by atoms with Crippen LogP contribution in [0.3, 0.4) is 0 Å². The molecule has 0 radical (unpaired) electrons. The van der Waals surface area contributed by atoms with E-state index in [-0.39, 0.29) is 11.3 Å². The molecule has 1 aliphatic rings. The summed E-state index contributed by atoms with van der Waals surface area (Å²) in [5.41, 5.74) is 1.09. The van der Waals surface area contributed by atoms with Crippen LogP contribution in [0.25, 0.3) is 10.9 Å². The van der Waals surface area contributed by atoms with Crippen LogP contribution in [-0.2, 0) is 0 Å². The molecule has 162 valence electrons. The van der Waals surface area contributed by atoms with Gasteiger partial charge in [-0.25, -0.2) is 18.7 Å². The van der Waals surface area contributed by atoms with Crippen molar-refractivity contribution in [2.24, 2.45) is 0 Å². The van der Waals surface area contributed by atoms with E-state index in [9.17, 15) is 13.6 Å². The predicted molar refractivity (Wildman–Crippen MR) is 122 cm³/mol. The Morgan fingerprint density at radius 2 is 2.03 bits per heavy atom. The van der Waals surface area contributed by atoms with Crippen molar-refractivity contribution in [3.63, 3.8) is 0 Å². The van der Waals surface area contributed by atoms with Gasteiger partial charge in [-0.2, -0.15) is 0 Å². The molecule has 1 fully saturated rings. The van der Waals surface area contributed by atoms with E-state index in [2.05, 4.69) is 25.3 Å². The molecule has 0 aliphatic heterocycles. The van der Waals surface area contributed by atoms with E-state index < -0.39 is 23.2 Å². The molecule has 1 saturated carbocycles. The Balaban J connectivity index is 1.67. The number of carbonyl (C=O) groups excluding carboxylic acids is 1. The lowest BCUT2D eigenvalue weighted by Gasteiger charge is -2.14. The van der Waals surface area contributed by atoms with Crippen LogP contribution in [0.5, 0.6) is 0 Å². The molecule has 1 amide bonds.